The van der Waals surface area contributed by atoms with Crippen molar-refractivity contribution in [2.24, 2.45) is 5.41 Å². The number of aromatic nitrogens is 3. The number of amides is 1. The number of carbonyl (C=O) groups excluding carboxylic acids is 1. The molecule has 0 unspecified atom stereocenters. The van der Waals surface area contributed by atoms with E-state index in [1.807, 2.05) is 29.8 Å². The molecule has 29 heavy (non-hydrogen) atoms. The van der Waals surface area contributed by atoms with Crippen LogP contribution in [0.2, 0.25) is 0 Å². The van der Waals surface area contributed by atoms with Gasteiger partial charge in [-0.25, -0.2) is 9.97 Å². The molecule has 2 aliphatic rings. The highest BCUT2D eigenvalue weighted by molar-refractivity contribution is 7.07. The molecule has 4 heterocycles. The Kier molecular flexibility index (Phi) is 6.83. The maximum Gasteiger partial charge on any atom is 0.228 e. The van der Waals surface area contributed by atoms with Crippen LogP contribution in [0.1, 0.15) is 30.8 Å². The quantitative estimate of drug-likeness (QED) is 0.534. The van der Waals surface area contributed by atoms with Crippen molar-refractivity contribution in [3.63, 3.8) is 0 Å². The number of carbonyl (C=O) groups is 1. The van der Waals surface area contributed by atoms with Gasteiger partial charge in [-0.2, -0.15) is 0 Å². The molecule has 2 fully saturated rings. The first-order chi connectivity index (χ1) is 13.2. The number of imidazole rings is 1. The first kappa shape index (κ1) is 22.0. The number of thiazole rings is 1. The summed E-state index contributed by atoms with van der Waals surface area (Å²) in [5.41, 5.74) is 4.52. The molecule has 6 nitrogen and oxygen atoms in total. The van der Waals surface area contributed by atoms with E-state index in [-0.39, 0.29) is 42.2 Å². The molecule has 2 aromatic heterocycles. The minimum absolute atomic E-state index is 0. The SMILES string of the molecule is Cl.Cl.O=C(NCCc1nc2ccccc2[nH]1)[C@]1(Cc2cscn2)C[C@@H]2CC[C@H]1N2. The summed E-state index contributed by atoms with van der Waals surface area (Å²) in [7, 11) is 0. The predicted octanol–water partition coefficient (Wildman–Crippen LogP) is 3.28. The van der Waals surface area contributed by atoms with Crippen molar-refractivity contribution in [2.45, 2.75) is 44.2 Å². The van der Waals surface area contributed by atoms with Gasteiger partial charge in [0.15, 0.2) is 0 Å². The summed E-state index contributed by atoms with van der Waals surface area (Å²) in [6, 6.07) is 8.73. The topological polar surface area (TPSA) is 82.7 Å². The molecule has 9 heteroatoms. The summed E-state index contributed by atoms with van der Waals surface area (Å²) >= 11 is 1.59. The Morgan fingerprint density at radius 1 is 1.28 bits per heavy atom. The third-order valence-electron chi connectivity index (χ3n) is 6.04. The summed E-state index contributed by atoms with van der Waals surface area (Å²) in [4.78, 5) is 25.6. The molecule has 2 saturated heterocycles. The number of para-hydroxylation sites is 2. The zero-order valence-corrected chi connectivity index (χ0v) is 18.3. The van der Waals surface area contributed by atoms with Gasteiger partial charge in [0.05, 0.1) is 27.7 Å². The van der Waals surface area contributed by atoms with Crippen LogP contribution in [-0.4, -0.2) is 39.5 Å². The lowest BCUT2D eigenvalue weighted by Gasteiger charge is -2.34. The van der Waals surface area contributed by atoms with Crippen LogP contribution in [0.3, 0.4) is 0 Å². The van der Waals surface area contributed by atoms with Crippen LogP contribution in [0, 0.1) is 5.41 Å². The molecule has 3 aromatic rings. The van der Waals surface area contributed by atoms with Crippen LogP contribution >= 0.6 is 36.2 Å². The highest BCUT2D eigenvalue weighted by Gasteiger charge is 2.55. The van der Waals surface area contributed by atoms with Gasteiger partial charge in [-0.1, -0.05) is 12.1 Å². The number of rotatable bonds is 6. The molecule has 0 aliphatic carbocycles. The zero-order valence-electron chi connectivity index (χ0n) is 15.9. The number of halogens is 2. The molecule has 0 spiro atoms. The van der Waals surface area contributed by atoms with Crippen LogP contribution in [0.4, 0.5) is 0 Å². The van der Waals surface area contributed by atoms with E-state index in [1.165, 1.54) is 6.42 Å². The van der Waals surface area contributed by atoms with Crippen LogP contribution < -0.4 is 10.6 Å². The lowest BCUT2D eigenvalue weighted by Crippen LogP contribution is -2.50. The maximum absolute atomic E-state index is 13.2. The molecule has 3 N–H and O–H groups in total. The van der Waals surface area contributed by atoms with E-state index < -0.39 is 0 Å². The normalized spacial score (nSPS) is 24.8. The Morgan fingerprint density at radius 2 is 2.14 bits per heavy atom. The summed E-state index contributed by atoms with van der Waals surface area (Å²) in [6.45, 7) is 0.592. The number of fused-ring (bicyclic) bond motifs is 3. The molecule has 2 aliphatic heterocycles. The molecule has 156 valence electrons. The maximum atomic E-state index is 13.2. The third-order valence-corrected chi connectivity index (χ3v) is 6.67. The second-order valence-electron chi connectivity index (χ2n) is 7.72. The number of nitrogens with one attached hydrogen (secondary N) is 3. The molecule has 2 bridgehead atoms. The van der Waals surface area contributed by atoms with Crippen molar-refractivity contribution >= 4 is 53.1 Å². The highest BCUT2D eigenvalue weighted by atomic mass is 35.5. The van der Waals surface area contributed by atoms with Crippen molar-refractivity contribution in [3.05, 3.63) is 46.7 Å². The van der Waals surface area contributed by atoms with E-state index >= 15 is 0 Å². The predicted molar refractivity (Wildman–Crippen MR) is 120 cm³/mol. The summed E-state index contributed by atoms with van der Waals surface area (Å²) in [5.74, 6) is 1.07. The second-order valence-corrected chi connectivity index (χ2v) is 8.44. The Labute approximate surface area is 186 Å². The monoisotopic (exact) mass is 453 g/mol. The largest absolute Gasteiger partial charge is 0.355 e. The van der Waals surface area contributed by atoms with E-state index in [9.17, 15) is 4.79 Å². The average Bonchev–Trinajstić information content (AvgIpc) is 3.45. The molecular weight excluding hydrogens is 429 g/mol. The molecule has 3 atom stereocenters. The molecule has 1 amide bonds. The number of hydrogen-bond donors (Lipinski definition) is 3. The van der Waals surface area contributed by atoms with Crippen molar-refractivity contribution in [3.8, 4) is 0 Å². The fourth-order valence-corrected chi connectivity index (χ4v) is 5.33. The zero-order chi connectivity index (χ0) is 18.3. The van der Waals surface area contributed by atoms with Crippen molar-refractivity contribution in [1.82, 2.24) is 25.6 Å². The number of H-pyrrole nitrogens is 1. The molecule has 0 radical (unpaired) electrons. The van der Waals surface area contributed by atoms with Gasteiger partial charge in [0, 0.05) is 36.9 Å². The Bertz CT molecular complexity index is 930. The number of hydrogen-bond acceptors (Lipinski definition) is 5. The van der Waals surface area contributed by atoms with Crippen LogP contribution in [-0.2, 0) is 17.6 Å². The van der Waals surface area contributed by atoms with Crippen molar-refractivity contribution < 1.29 is 4.79 Å². The Morgan fingerprint density at radius 3 is 2.83 bits per heavy atom. The lowest BCUT2D eigenvalue weighted by molar-refractivity contribution is -0.132. The van der Waals surface area contributed by atoms with E-state index in [2.05, 4.69) is 31.0 Å². The van der Waals surface area contributed by atoms with Gasteiger partial charge in [0.25, 0.3) is 0 Å². The average molecular weight is 454 g/mol. The van der Waals surface area contributed by atoms with E-state index in [0.29, 0.717) is 19.0 Å². The van der Waals surface area contributed by atoms with E-state index in [4.69, 9.17) is 0 Å². The van der Waals surface area contributed by atoms with Gasteiger partial charge < -0.3 is 15.6 Å². The van der Waals surface area contributed by atoms with Gasteiger partial charge in [0.1, 0.15) is 5.82 Å². The lowest BCUT2D eigenvalue weighted by atomic mass is 9.70. The van der Waals surface area contributed by atoms with E-state index in [0.717, 1.165) is 41.8 Å². The fourth-order valence-electron chi connectivity index (χ4n) is 4.77. The van der Waals surface area contributed by atoms with Gasteiger partial charge in [-0.15, -0.1) is 36.2 Å². The molecule has 0 saturated carbocycles. The first-order valence-corrected chi connectivity index (χ1v) is 10.5. The minimum Gasteiger partial charge on any atom is -0.355 e. The second kappa shape index (κ2) is 9.00. The smallest absolute Gasteiger partial charge is 0.228 e. The van der Waals surface area contributed by atoms with Crippen LogP contribution in [0.25, 0.3) is 11.0 Å². The Balaban J connectivity index is 0.00000120. The van der Waals surface area contributed by atoms with Crippen molar-refractivity contribution in [2.75, 3.05) is 6.54 Å². The van der Waals surface area contributed by atoms with Gasteiger partial charge in [0.2, 0.25) is 5.91 Å². The van der Waals surface area contributed by atoms with Crippen LogP contribution in [0.5, 0.6) is 0 Å². The van der Waals surface area contributed by atoms with E-state index in [1.54, 1.807) is 11.3 Å². The first-order valence-electron chi connectivity index (χ1n) is 9.58. The number of benzene rings is 1. The fraction of sp³-hybridized carbons (Fsp3) is 0.450. The Hall–Kier alpha value is -1.67. The summed E-state index contributed by atoms with van der Waals surface area (Å²) < 4.78 is 0. The van der Waals surface area contributed by atoms with Gasteiger partial charge >= 0.3 is 0 Å². The summed E-state index contributed by atoms with van der Waals surface area (Å²) in [6.07, 6.45) is 4.59. The minimum atomic E-state index is -0.370. The van der Waals surface area contributed by atoms with Crippen LogP contribution in [0.15, 0.2) is 35.2 Å². The molecular formula is C20H25Cl2N5OS. The molecule has 1 aromatic carbocycles. The number of nitrogens with zero attached hydrogens (tertiary/aromatic N) is 2. The molecule has 5 rings (SSSR count). The third kappa shape index (κ3) is 4.14. The standard InChI is InChI=1S/C20H23N5OS.2ClH/c26-19(21-8-7-18-24-15-3-1-2-4-16(15)25-18)20(10-14-11-27-12-22-14)9-13-5-6-17(20)23-13;;/h1-4,11-13,17,23H,5-10H2,(H,21,26)(H,24,25);2*1H/t13-,17+,20-;;/m0../s1. The van der Waals surface area contributed by atoms with Crippen molar-refractivity contribution in [1.29, 1.82) is 0 Å². The van der Waals surface area contributed by atoms with Gasteiger partial charge in [-0.3, -0.25) is 4.79 Å². The number of aromatic amines is 1. The van der Waals surface area contributed by atoms with Gasteiger partial charge in [-0.05, 0) is 31.4 Å². The summed E-state index contributed by atoms with van der Waals surface area (Å²) in [5, 5.41) is 8.89. The highest BCUT2D eigenvalue weighted by Crippen LogP contribution is 2.45.